The molecule has 9 heteroatoms. The first-order chi connectivity index (χ1) is 23.3. The van der Waals surface area contributed by atoms with E-state index in [0.717, 1.165) is 57.8 Å². The molecule has 0 aliphatic heterocycles. The summed E-state index contributed by atoms with van der Waals surface area (Å²) in [5.41, 5.74) is 0. The van der Waals surface area contributed by atoms with E-state index < -0.39 is 32.5 Å². The molecule has 0 bridgehead atoms. The maximum atomic E-state index is 12.4. The zero-order valence-electron chi connectivity index (χ0n) is 30.7. The van der Waals surface area contributed by atoms with E-state index in [-0.39, 0.29) is 19.4 Å². The van der Waals surface area contributed by atoms with Gasteiger partial charge in [-0.25, -0.2) is 4.57 Å². The van der Waals surface area contributed by atoms with E-state index in [1.807, 2.05) is 6.08 Å². The first kappa shape index (κ1) is 46.5. The zero-order valence-corrected chi connectivity index (χ0v) is 31.6. The molecule has 2 N–H and O–H groups in total. The Hall–Kier alpha value is -1.47. The van der Waals surface area contributed by atoms with Gasteiger partial charge in [0.2, 0.25) is 0 Å². The highest BCUT2D eigenvalue weighted by molar-refractivity contribution is 7.46. The standard InChI is InChI=1S/C39H73O8P/c1-3-5-7-9-11-13-15-17-19-21-23-25-27-29-31-33-38(40)45-35-37(36-46-48(42,43)44)47-39(41)34-32-30-28-26-24-22-20-18-16-14-12-10-8-6-4-2/h4,13,15,37H,2-3,5-12,14,16-36H2,1H3,(H2,42,43,44)/b15-13+/t37-/m1/s1. The first-order valence-electron chi connectivity index (χ1n) is 19.6. The Morgan fingerprint density at radius 1 is 0.583 bits per heavy atom. The summed E-state index contributed by atoms with van der Waals surface area (Å²) in [5, 5.41) is 0. The minimum absolute atomic E-state index is 0.211. The first-order valence-corrected chi connectivity index (χ1v) is 21.1. The lowest BCUT2D eigenvalue weighted by Crippen LogP contribution is -2.29. The highest BCUT2D eigenvalue weighted by Gasteiger charge is 2.22. The lowest BCUT2D eigenvalue weighted by Gasteiger charge is -2.18. The second-order valence-electron chi connectivity index (χ2n) is 13.3. The Morgan fingerprint density at radius 2 is 0.979 bits per heavy atom. The molecule has 0 amide bonds. The number of unbranched alkanes of at least 4 members (excludes halogenated alkanes) is 24. The molecule has 0 aliphatic carbocycles. The van der Waals surface area contributed by atoms with E-state index in [2.05, 4.69) is 30.2 Å². The highest BCUT2D eigenvalue weighted by Crippen LogP contribution is 2.36. The van der Waals surface area contributed by atoms with Crippen LogP contribution in [0.4, 0.5) is 0 Å². The average molecular weight is 701 g/mol. The summed E-state index contributed by atoms with van der Waals surface area (Å²) in [6, 6.07) is 0. The number of hydrogen-bond acceptors (Lipinski definition) is 6. The Labute approximate surface area is 294 Å². The summed E-state index contributed by atoms with van der Waals surface area (Å²) in [5.74, 6) is -0.888. The smallest absolute Gasteiger partial charge is 0.462 e. The summed E-state index contributed by atoms with van der Waals surface area (Å²) in [6.45, 7) is 5.18. The minimum atomic E-state index is -4.75. The molecule has 0 heterocycles. The van der Waals surface area contributed by atoms with Crippen molar-refractivity contribution in [3.63, 3.8) is 0 Å². The van der Waals surface area contributed by atoms with Gasteiger partial charge >= 0.3 is 19.8 Å². The molecule has 0 saturated carbocycles. The molecule has 0 aliphatic rings. The fraction of sp³-hybridized carbons (Fsp3) is 0.846. The van der Waals surface area contributed by atoms with E-state index in [1.165, 1.54) is 109 Å². The fourth-order valence-corrected chi connectivity index (χ4v) is 6.00. The summed E-state index contributed by atoms with van der Waals surface area (Å²) >= 11 is 0. The van der Waals surface area contributed by atoms with E-state index in [9.17, 15) is 14.2 Å². The number of carbonyl (C=O) groups excluding carboxylic acids is 2. The van der Waals surface area contributed by atoms with Gasteiger partial charge < -0.3 is 19.3 Å². The van der Waals surface area contributed by atoms with Crippen molar-refractivity contribution in [2.24, 2.45) is 0 Å². The fourth-order valence-electron chi connectivity index (χ4n) is 5.64. The number of hydrogen-bond donors (Lipinski definition) is 2. The molecule has 0 saturated heterocycles. The molecule has 0 unspecified atom stereocenters. The number of esters is 2. The van der Waals surface area contributed by atoms with E-state index in [4.69, 9.17) is 19.3 Å². The van der Waals surface area contributed by atoms with Crippen molar-refractivity contribution in [1.29, 1.82) is 0 Å². The average Bonchev–Trinajstić information content (AvgIpc) is 3.05. The van der Waals surface area contributed by atoms with Crippen LogP contribution in [0.5, 0.6) is 0 Å². The van der Waals surface area contributed by atoms with Gasteiger partial charge in [0.05, 0.1) is 6.61 Å². The molecule has 0 fully saturated rings. The third-order valence-corrected chi connectivity index (χ3v) is 9.07. The number of carbonyl (C=O) groups is 2. The normalized spacial score (nSPS) is 12.4. The van der Waals surface area contributed by atoms with Crippen LogP contribution >= 0.6 is 7.82 Å². The number of phosphoric ester groups is 1. The molecule has 8 nitrogen and oxygen atoms in total. The van der Waals surface area contributed by atoms with Crippen molar-refractivity contribution in [2.75, 3.05) is 13.2 Å². The molecule has 0 aromatic carbocycles. The molecule has 0 rings (SSSR count). The molecular weight excluding hydrogens is 627 g/mol. The largest absolute Gasteiger partial charge is 0.469 e. The van der Waals surface area contributed by atoms with Crippen molar-refractivity contribution in [3.05, 3.63) is 24.8 Å². The number of phosphoric acid groups is 1. The molecule has 0 aromatic heterocycles. The van der Waals surface area contributed by atoms with Crippen LogP contribution in [0.3, 0.4) is 0 Å². The Kier molecular flexibility index (Phi) is 34.3. The van der Waals surface area contributed by atoms with E-state index >= 15 is 0 Å². The van der Waals surface area contributed by atoms with Crippen LogP contribution in [-0.2, 0) is 28.2 Å². The molecule has 1 atom stereocenters. The summed E-state index contributed by atoms with van der Waals surface area (Å²) in [4.78, 5) is 42.7. The van der Waals surface area contributed by atoms with Crippen molar-refractivity contribution >= 4 is 19.8 Å². The molecule has 0 radical (unpaired) electrons. The predicted molar refractivity (Wildman–Crippen MR) is 198 cm³/mol. The lowest BCUT2D eigenvalue weighted by molar-refractivity contribution is -0.161. The van der Waals surface area contributed by atoms with Gasteiger partial charge in [-0.2, -0.15) is 0 Å². The van der Waals surface area contributed by atoms with E-state index in [1.54, 1.807) is 0 Å². The monoisotopic (exact) mass is 701 g/mol. The van der Waals surface area contributed by atoms with Gasteiger partial charge in [0.1, 0.15) is 6.61 Å². The molecule has 0 aromatic rings. The van der Waals surface area contributed by atoms with Crippen molar-refractivity contribution in [3.8, 4) is 0 Å². The number of allylic oxidation sites excluding steroid dienone is 3. The summed E-state index contributed by atoms with van der Waals surface area (Å²) in [6.07, 6.45) is 37.9. The molecule has 48 heavy (non-hydrogen) atoms. The summed E-state index contributed by atoms with van der Waals surface area (Å²) < 4.78 is 26.3. The van der Waals surface area contributed by atoms with Gasteiger partial charge in [0.15, 0.2) is 6.10 Å². The van der Waals surface area contributed by atoms with E-state index in [0.29, 0.717) is 6.42 Å². The third-order valence-electron chi connectivity index (χ3n) is 8.59. The second kappa shape index (κ2) is 35.4. The maximum Gasteiger partial charge on any atom is 0.469 e. The number of ether oxygens (including phenoxy) is 2. The van der Waals surface area contributed by atoms with Crippen molar-refractivity contribution in [1.82, 2.24) is 0 Å². The van der Waals surface area contributed by atoms with Crippen LogP contribution in [0.25, 0.3) is 0 Å². The second-order valence-corrected chi connectivity index (χ2v) is 14.6. The van der Waals surface area contributed by atoms with Crippen LogP contribution in [-0.4, -0.2) is 41.0 Å². The highest BCUT2D eigenvalue weighted by atomic mass is 31.2. The topological polar surface area (TPSA) is 119 Å². The van der Waals surface area contributed by atoms with Gasteiger partial charge in [-0.05, 0) is 51.4 Å². The van der Waals surface area contributed by atoms with Gasteiger partial charge in [-0.15, -0.1) is 6.58 Å². The Bertz CT molecular complexity index is 825. The molecular formula is C39H73O8P. The van der Waals surface area contributed by atoms with Crippen LogP contribution < -0.4 is 0 Å². The zero-order chi connectivity index (χ0) is 35.4. The van der Waals surface area contributed by atoms with Crippen LogP contribution in [0.1, 0.15) is 193 Å². The van der Waals surface area contributed by atoms with Crippen LogP contribution in [0, 0.1) is 0 Å². The summed E-state index contributed by atoms with van der Waals surface area (Å²) in [7, 11) is -4.75. The van der Waals surface area contributed by atoms with Gasteiger partial charge in [0.25, 0.3) is 0 Å². The SMILES string of the molecule is C=CCCCCCCCCCCCCCCCC(=O)O[C@H](COC(=O)CCCCCCCCC/C=C/CCCCCC)COP(=O)(O)O. The Morgan fingerprint density at radius 3 is 1.42 bits per heavy atom. The lowest BCUT2D eigenvalue weighted by atomic mass is 10.0. The minimum Gasteiger partial charge on any atom is -0.462 e. The molecule has 282 valence electrons. The predicted octanol–water partition coefficient (Wildman–Crippen LogP) is 11.6. The van der Waals surface area contributed by atoms with Crippen LogP contribution in [0.15, 0.2) is 24.8 Å². The number of rotatable bonds is 37. The van der Waals surface area contributed by atoms with Gasteiger partial charge in [-0.1, -0.05) is 147 Å². The maximum absolute atomic E-state index is 12.4. The van der Waals surface area contributed by atoms with Crippen LogP contribution in [0.2, 0.25) is 0 Å². The quantitative estimate of drug-likeness (QED) is 0.0284. The molecule has 0 spiro atoms. The van der Waals surface area contributed by atoms with Crippen molar-refractivity contribution in [2.45, 2.75) is 199 Å². The third kappa shape index (κ3) is 37.4. The Balaban J connectivity index is 3.92. The van der Waals surface area contributed by atoms with Gasteiger partial charge in [-0.3, -0.25) is 14.1 Å². The van der Waals surface area contributed by atoms with Gasteiger partial charge in [0, 0.05) is 12.8 Å². The van der Waals surface area contributed by atoms with Crippen molar-refractivity contribution < 1.29 is 37.9 Å².